The fourth-order valence-corrected chi connectivity index (χ4v) is 5.25. The first kappa shape index (κ1) is 30.7. The minimum Gasteiger partial charge on any atom is -0.354 e. The molecule has 1 fully saturated rings. The molecule has 9 nitrogen and oxygen atoms in total. The SMILES string of the molecule is CN1CCN(CCCNc2nc(-c3c(Cl)cccc3Cl)c3ccc(NC(=O)Nc4ccc(C(F)(F)F)cc4)nc3n2)CC1. The lowest BCUT2D eigenvalue weighted by Gasteiger charge is -2.32. The van der Waals surface area contributed by atoms with Gasteiger partial charge >= 0.3 is 12.2 Å². The van der Waals surface area contributed by atoms with Gasteiger partial charge in [-0.25, -0.2) is 14.8 Å². The molecule has 0 aliphatic carbocycles. The zero-order chi connectivity index (χ0) is 30.6. The molecule has 0 unspecified atom stereocenters. The van der Waals surface area contributed by atoms with Crippen LogP contribution in [0.2, 0.25) is 10.0 Å². The number of benzene rings is 2. The standard InChI is InChI=1S/C29H29Cl2F3N8O/c1-41-14-16-42(17-15-41)13-3-12-35-27-39-25(24-21(30)4-2-5-22(24)31)20-10-11-23(37-26(20)40-27)38-28(43)36-19-8-6-18(7-9-19)29(32,33)34/h2,4-11H,3,12-17H2,1H3,(H3,35,36,37,38,39,40,43). The highest BCUT2D eigenvalue weighted by Gasteiger charge is 2.30. The van der Waals surface area contributed by atoms with Crippen molar-refractivity contribution in [1.29, 1.82) is 0 Å². The summed E-state index contributed by atoms with van der Waals surface area (Å²) in [6.07, 6.45) is -3.59. The van der Waals surface area contributed by atoms with E-state index in [1.807, 2.05) is 0 Å². The maximum atomic E-state index is 12.8. The molecular weight excluding hydrogens is 604 g/mol. The molecule has 4 aromatic rings. The molecule has 226 valence electrons. The Balaban J connectivity index is 1.35. The van der Waals surface area contributed by atoms with Gasteiger partial charge in [0.15, 0.2) is 5.65 Å². The Hall–Kier alpha value is -3.71. The molecule has 0 saturated carbocycles. The lowest BCUT2D eigenvalue weighted by Crippen LogP contribution is -2.44. The Morgan fingerprint density at radius 1 is 0.907 bits per heavy atom. The van der Waals surface area contributed by atoms with Crippen LogP contribution < -0.4 is 16.0 Å². The Labute approximate surface area is 256 Å². The van der Waals surface area contributed by atoms with E-state index in [0.29, 0.717) is 39.2 Å². The average molecular weight is 634 g/mol. The van der Waals surface area contributed by atoms with Crippen molar-refractivity contribution in [3.63, 3.8) is 0 Å². The number of halogens is 5. The minimum absolute atomic E-state index is 0.174. The van der Waals surface area contributed by atoms with E-state index in [0.717, 1.165) is 51.3 Å². The molecular formula is C29H29Cl2F3N8O. The number of piperazine rings is 1. The van der Waals surface area contributed by atoms with Crippen molar-refractivity contribution < 1.29 is 18.0 Å². The summed E-state index contributed by atoms with van der Waals surface area (Å²) in [6, 6.07) is 11.9. The van der Waals surface area contributed by atoms with Crippen LogP contribution in [0.15, 0.2) is 54.6 Å². The first-order chi connectivity index (χ1) is 20.6. The maximum absolute atomic E-state index is 12.8. The monoisotopic (exact) mass is 632 g/mol. The third-order valence-corrected chi connectivity index (χ3v) is 7.63. The Morgan fingerprint density at radius 3 is 2.28 bits per heavy atom. The van der Waals surface area contributed by atoms with Crippen LogP contribution in [0, 0.1) is 0 Å². The molecule has 1 aliphatic rings. The number of fused-ring (bicyclic) bond motifs is 1. The number of urea groups is 1. The zero-order valence-corrected chi connectivity index (χ0v) is 24.7. The summed E-state index contributed by atoms with van der Waals surface area (Å²) < 4.78 is 38.5. The van der Waals surface area contributed by atoms with E-state index in [4.69, 9.17) is 28.2 Å². The number of hydrogen-bond donors (Lipinski definition) is 3. The number of hydrogen-bond acceptors (Lipinski definition) is 7. The van der Waals surface area contributed by atoms with Crippen LogP contribution in [-0.2, 0) is 6.18 Å². The van der Waals surface area contributed by atoms with Crippen molar-refractivity contribution in [2.45, 2.75) is 12.6 Å². The highest BCUT2D eigenvalue weighted by Crippen LogP contribution is 2.37. The molecule has 2 aromatic carbocycles. The summed E-state index contributed by atoms with van der Waals surface area (Å²) in [5, 5.41) is 9.75. The van der Waals surface area contributed by atoms with Crippen LogP contribution in [0.1, 0.15) is 12.0 Å². The van der Waals surface area contributed by atoms with Crippen molar-refractivity contribution in [3.8, 4) is 11.3 Å². The minimum atomic E-state index is -4.47. The fourth-order valence-electron chi connectivity index (χ4n) is 4.67. The summed E-state index contributed by atoms with van der Waals surface area (Å²) in [5.74, 6) is 0.503. The zero-order valence-electron chi connectivity index (χ0n) is 23.2. The predicted octanol–water partition coefficient (Wildman–Crippen LogP) is 6.71. The number of pyridine rings is 1. The highest BCUT2D eigenvalue weighted by molar-refractivity contribution is 6.39. The van der Waals surface area contributed by atoms with Crippen molar-refractivity contribution in [2.24, 2.45) is 0 Å². The number of aromatic nitrogens is 3. The summed E-state index contributed by atoms with van der Waals surface area (Å²) in [7, 11) is 2.12. The van der Waals surface area contributed by atoms with Gasteiger partial charge in [0, 0.05) is 49.4 Å². The van der Waals surface area contributed by atoms with Crippen molar-refractivity contribution in [1.82, 2.24) is 24.8 Å². The van der Waals surface area contributed by atoms with Crippen LogP contribution in [0.25, 0.3) is 22.3 Å². The topological polar surface area (TPSA) is 98.3 Å². The van der Waals surface area contributed by atoms with E-state index in [-0.39, 0.29) is 17.2 Å². The van der Waals surface area contributed by atoms with Gasteiger partial charge in [-0.3, -0.25) is 5.32 Å². The second-order valence-corrected chi connectivity index (χ2v) is 11.0. The van der Waals surface area contributed by atoms with E-state index in [9.17, 15) is 18.0 Å². The average Bonchev–Trinajstić information content (AvgIpc) is 2.96. The first-order valence-corrected chi connectivity index (χ1v) is 14.4. The Kier molecular flexibility index (Phi) is 9.50. The lowest BCUT2D eigenvalue weighted by molar-refractivity contribution is -0.137. The summed E-state index contributed by atoms with van der Waals surface area (Å²) in [6.45, 7) is 5.73. The Morgan fingerprint density at radius 2 is 1.60 bits per heavy atom. The van der Waals surface area contributed by atoms with Gasteiger partial charge in [-0.05, 0) is 68.5 Å². The quantitative estimate of drug-likeness (QED) is 0.186. The molecule has 1 aliphatic heterocycles. The number of carbonyl (C=O) groups excluding carboxylic acids is 1. The van der Waals surface area contributed by atoms with Crippen LogP contribution >= 0.6 is 23.2 Å². The van der Waals surface area contributed by atoms with Gasteiger partial charge in [-0.1, -0.05) is 29.3 Å². The normalized spacial score (nSPS) is 14.6. The number of anilines is 3. The summed E-state index contributed by atoms with van der Waals surface area (Å²) in [5.41, 5.74) is 0.673. The molecule has 2 aromatic heterocycles. The highest BCUT2D eigenvalue weighted by atomic mass is 35.5. The number of nitrogens with zero attached hydrogens (tertiary/aromatic N) is 5. The molecule has 0 spiro atoms. The van der Waals surface area contributed by atoms with Gasteiger partial charge in [0.25, 0.3) is 0 Å². The van der Waals surface area contributed by atoms with E-state index >= 15 is 0 Å². The fraction of sp³-hybridized carbons (Fsp3) is 0.310. The molecule has 14 heteroatoms. The number of likely N-dealkylation sites (N-methyl/N-ethyl adjacent to an activating group) is 1. The summed E-state index contributed by atoms with van der Waals surface area (Å²) >= 11 is 13.1. The second kappa shape index (κ2) is 13.3. The van der Waals surface area contributed by atoms with Gasteiger partial charge in [-0.2, -0.15) is 18.2 Å². The van der Waals surface area contributed by atoms with Crippen molar-refractivity contribution >= 4 is 57.7 Å². The molecule has 1 saturated heterocycles. The molecule has 2 amide bonds. The van der Waals surface area contributed by atoms with Gasteiger partial charge in [0.05, 0.1) is 21.3 Å². The number of carbonyl (C=O) groups is 1. The van der Waals surface area contributed by atoms with Crippen LogP contribution in [0.3, 0.4) is 0 Å². The molecule has 3 heterocycles. The van der Waals surface area contributed by atoms with Crippen LogP contribution in [-0.4, -0.2) is 77.1 Å². The molecule has 5 rings (SSSR count). The van der Waals surface area contributed by atoms with Gasteiger partial charge in [-0.15, -0.1) is 0 Å². The van der Waals surface area contributed by atoms with E-state index in [1.54, 1.807) is 30.3 Å². The van der Waals surface area contributed by atoms with Crippen molar-refractivity contribution in [3.05, 3.63) is 70.2 Å². The first-order valence-electron chi connectivity index (χ1n) is 13.6. The summed E-state index contributed by atoms with van der Waals surface area (Å²) in [4.78, 5) is 31.1. The number of nitrogens with one attached hydrogen (secondary N) is 3. The second-order valence-electron chi connectivity index (χ2n) is 10.1. The number of amides is 2. The lowest BCUT2D eigenvalue weighted by atomic mass is 10.1. The predicted molar refractivity (Wildman–Crippen MR) is 164 cm³/mol. The van der Waals surface area contributed by atoms with Crippen LogP contribution in [0.4, 0.5) is 35.4 Å². The molecule has 0 atom stereocenters. The van der Waals surface area contributed by atoms with Crippen molar-refractivity contribution in [2.75, 3.05) is 62.3 Å². The molecule has 43 heavy (non-hydrogen) atoms. The maximum Gasteiger partial charge on any atom is 0.416 e. The van der Waals surface area contributed by atoms with Crippen LogP contribution in [0.5, 0.6) is 0 Å². The third kappa shape index (κ3) is 7.82. The van der Waals surface area contributed by atoms with E-state index in [1.165, 1.54) is 12.1 Å². The number of rotatable bonds is 8. The smallest absolute Gasteiger partial charge is 0.354 e. The van der Waals surface area contributed by atoms with Gasteiger partial charge < -0.3 is 20.4 Å². The third-order valence-electron chi connectivity index (χ3n) is 7.00. The largest absolute Gasteiger partial charge is 0.416 e. The number of alkyl halides is 3. The Bertz CT molecular complexity index is 1580. The van der Waals surface area contributed by atoms with Gasteiger partial charge in [0.2, 0.25) is 5.95 Å². The van der Waals surface area contributed by atoms with E-state index in [2.05, 4.69) is 42.8 Å². The van der Waals surface area contributed by atoms with E-state index < -0.39 is 17.8 Å². The molecule has 0 bridgehead atoms. The molecule has 0 radical (unpaired) electrons. The molecule has 3 N–H and O–H groups in total. The van der Waals surface area contributed by atoms with Gasteiger partial charge in [0.1, 0.15) is 5.82 Å².